The Balaban J connectivity index is 1.63. The summed E-state index contributed by atoms with van der Waals surface area (Å²) in [7, 11) is 0. The molecular weight excluding hydrogens is 338 g/mol. The highest BCUT2D eigenvalue weighted by Crippen LogP contribution is 2.27. The molecule has 3 heterocycles. The van der Waals surface area contributed by atoms with Gasteiger partial charge >= 0.3 is 0 Å². The van der Waals surface area contributed by atoms with Gasteiger partial charge in [-0.3, -0.25) is 0 Å². The first-order valence-corrected chi connectivity index (χ1v) is 9.79. The number of aromatic amines is 1. The lowest BCUT2D eigenvalue weighted by atomic mass is 10.1. The van der Waals surface area contributed by atoms with Gasteiger partial charge in [0.1, 0.15) is 11.5 Å². The van der Waals surface area contributed by atoms with Gasteiger partial charge in [0.25, 0.3) is 0 Å². The first kappa shape index (κ1) is 17.8. The molecular formula is C21H27N5O. The molecule has 1 aliphatic heterocycles. The molecule has 2 N–H and O–H groups in total. The number of morpholine rings is 1. The Labute approximate surface area is 160 Å². The minimum absolute atomic E-state index is 0.715. The van der Waals surface area contributed by atoms with Crippen molar-refractivity contribution in [3.05, 3.63) is 41.6 Å². The van der Waals surface area contributed by atoms with Gasteiger partial charge in [-0.1, -0.05) is 25.5 Å². The molecule has 142 valence electrons. The molecule has 0 amide bonds. The van der Waals surface area contributed by atoms with Crippen molar-refractivity contribution in [3.8, 4) is 0 Å². The number of aromatic nitrogens is 3. The molecule has 27 heavy (non-hydrogen) atoms. The van der Waals surface area contributed by atoms with Crippen LogP contribution < -0.4 is 10.2 Å². The second-order valence-corrected chi connectivity index (χ2v) is 7.11. The molecule has 1 fully saturated rings. The molecule has 0 spiro atoms. The number of rotatable bonds is 6. The number of benzene rings is 1. The van der Waals surface area contributed by atoms with Gasteiger partial charge in [0.2, 0.25) is 5.95 Å². The number of hydrogen-bond donors (Lipinski definition) is 2. The summed E-state index contributed by atoms with van der Waals surface area (Å²) in [6, 6.07) is 10.7. The summed E-state index contributed by atoms with van der Waals surface area (Å²) in [5.41, 5.74) is 4.37. The quantitative estimate of drug-likeness (QED) is 0.686. The summed E-state index contributed by atoms with van der Waals surface area (Å²) >= 11 is 0. The van der Waals surface area contributed by atoms with Crippen molar-refractivity contribution in [2.75, 3.05) is 36.5 Å². The first-order valence-electron chi connectivity index (χ1n) is 9.79. The van der Waals surface area contributed by atoms with Crippen LogP contribution in [0.5, 0.6) is 0 Å². The van der Waals surface area contributed by atoms with E-state index in [1.807, 2.05) is 6.92 Å². The standard InChI is InChI=1S/C21H27N5O/c1-3-4-5-16-6-8-17(9-7-16)23-20-18-14-15(2)22-19(18)24-21(25-20)26-10-12-27-13-11-26/h6-9,14H,3-5,10-13H2,1-2H3,(H2,22,23,24,25). The van der Waals surface area contributed by atoms with Gasteiger partial charge in [-0.25, -0.2) is 0 Å². The molecule has 0 bridgehead atoms. The Hall–Kier alpha value is -2.60. The van der Waals surface area contributed by atoms with Crippen molar-refractivity contribution < 1.29 is 4.74 Å². The van der Waals surface area contributed by atoms with Crippen molar-refractivity contribution in [3.63, 3.8) is 0 Å². The maximum Gasteiger partial charge on any atom is 0.229 e. The molecule has 4 rings (SSSR count). The Morgan fingerprint density at radius 1 is 1.15 bits per heavy atom. The van der Waals surface area contributed by atoms with E-state index in [-0.39, 0.29) is 0 Å². The number of hydrogen-bond acceptors (Lipinski definition) is 5. The SMILES string of the molecule is CCCCc1ccc(Nc2nc(N3CCOCC3)nc3[nH]c(C)cc23)cc1. The topological polar surface area (TPSA) is 66.1 Å². The summed E-state index contributed by atoms with van der Waals surface area (Å²) < 4.78 is 5.46. The lowest BCUT2D eigenvalue weighted by Gasteiger charge is -2.27. The van der Waals surface area contributed by atoms with E-state index in [1.54, 1.807) is 0 Å². The van der Waals surface area contributed by atoms with E-state index in [1.165, 1.54) is 18.4 Å². The fourth-order valence-corrected chi connectivity index (χ4v) is 3.40. The van der Waals surface area contributed by atoms with Gasteiger partial charge in [0.05, 0.1) is 18.6 Å². The third-order valence-corrected chi connectivity index (χ3v) is 4.94. The summed E-state index contributed by atoms with van der Waals surface area (Å²) in [6.45, 7) is 7.33. The number of aryl methyl sites for hydroxylation is 2. The van der Waals surface area contributed by atoms with Crippen LogP contribution in [0.15, 0.2) is 30.3 Å². The van der Waals surface area contributed by atoms with Crippen LogP contribution in [0.4, 0.5) is 17.5 Å². The lowest BCUT2D eigenvalue weighted by molar-refractivity contribution is 0.122. The van der Waals surface area contributed by atoms with E-state index in [0.29, 0.717) is 13.2 Å². The first-order chi connectivity index (χ1) is 13.2. The van der Waals surface area contributed by atoms with E-state index < -0.39 is 0 Å². The smallest absolute Gasteiger partial charge is 0.229 e. The van der Waals surface area contributed by atoms with Crippen LogP contribution in [0.25, 0.3) is 11.0 Å². The van der Waals surface area contributed by atoms with E-state index >= 15 is 0 Å². The van der Waals surface area contributed by atoms with E-state index in [0.717, 1.165) is 53.7 Å². The molecule has 0 radical (unpaired) electrons. The number of unbranched alkanes of at least 4 members (excludes halogenated alkanes) is 1. The molecule has 0 aliphatic carbocycles. The molecule has 1 aromatic carbocycles. The minimum atomic E-state index is 0.715. The summed E-state index contributed by atoms with van der Waals surface area (Å²) in [6.07, 6.45) is 3.58. The van der Waals surface area contributed by atoms with Gasteiger partial charge < -0.3 is 19.9 Å². The fourth-order valence-electron chi connectivity index (χ4n) is 3.40. The summed E-state index contributed by atoms with van der Waals surface area (Å²) in [5.74, 6) is 1.59. The van der Waals surface area contributed by atoms with Gasteiger partial charge in [0, 0.05) is 24.5 Å². The molecule has 0 saturated carbocycles. The van der Waals surface area contributed by atoms with Crippen molar-refractivity contribution in [1.29, 1.82) is 0 Å². The lowest BCUT2D eigenvalue weighted by Crippen LogP contribution is -2.37. The average Bonchev–Trinajstić information content (AvgIpc) is 3.08. The zero-order valence-electron chi connectivity index (χ0n) is 16.1. The Morgan fingerprint density at radius 3 is 2.67 bits per heavy atom. The Morgan fingerprint density at radius 2 is 1.93 bits per heavy atom. The van der Waals surface area contributed by atoms with Crippen LogP contribution in [0.1, 0.15) is 31.0 Å². The number of ether oxygens (including phenoxy) is 1. The predicted octanol–water partition coefficient (Wildman–Crippen LogP) is 4.19. The molecule has 2 aromatic heterocycles. The van der Waals surface area contributed by atoms with Crippen molar-refractivity contribution in [2.24, 2.45) is 0 Å². The van der Waals surface area contributed by atoms with Crippen LogP contribution in [0.2, 0.25) is 0 Å². The van der Waals surface area contributed by atoms with Gasteiger partial charge in [0.15, 0.2) is 0 Å². The third-order valence-electron chi connectivity index (χ3n) is 4.94. The molecule has 1 aliphatic rings. The van der Waals surface area contributed by atoms with E-state index in [4.69, 9.17) is 14.7 Å². The van der Waals surface area contributed by atoms with Crippen molar-refractivity contribution in [2.45, 2.75) is 33.1 Å². The molecule has 3 aromatic rings. The number of H-pyrrole nitrogens is 1. The highest BCUT2D eigenvalue weighted by atomic mass is 16.5. The fraction of sp³-hybridized carbons (Fsp3) is 0.429. The second kappa shape index (κ2) is 7.96. The van der Waals surface area contributed by atoms with Crippen molar-refractivity contribution >= 4 is 28.5 Å². The zero-order chi connectivity index (χ0) is 18.6. The number of nitrogens with one attached hydrogen (secondary N) is 2. The highest BCUT2D eigenvalue weighted by Gasteiger charge is 2.17. The van der Waals surface area contributed by atoms with Gasteiger partial charge in [-0.15, -0.1) is 0 Å². The van der Waals surface area contributed by atoms with Gasteiger partial charge in [-0.05, 0) is 43.5 Å². The maximum atomic E-state index is 5.46. The number of anilines is 3. The molecule has 6 heteroatoms. The van der Waals surface area contributed by atoms with Crippen LogP contribution in [-0.2, 0) is 11.2 Å². The van der Waals surface area contributed by atoms with Gasteiger partial charge in [-0.2, -0.15) is 9.97 Å². The minimum Gasteiger partial charge on any atom is -0.378 e. The predicted molar refractivity (Wildman–Crippen MR) is 110 cm³/mol. The summed E-state index contributed by atoms with van der Waals surface area (Å²) in [4.78, 5) is 15.1. The van der Waals surface area contributed by atoms with E-state index in [9.17, 15) is 0 Å². The van der Waals surface area contributed by atoms with Crippen LogP contribution >= 0.6 is 0 Å². The second-order valence-electron chi connectivity index (χ2n) is 7.11. The molecule has 6 nitrogen and oxygen atoms in total. The average molecular weight is 365 g/mol. The maximum absolute atomic E-state index is 5.46. The van der Waals surface area contributed by atoms with Crippen LogP contribution in [0.3, 0.4) is 0 Å². The van der Waals surface area contributed by atoms with Crippen LogP contribution in [-0.4, -0.2) is 41.3 Å². The monoisotopic (exact) mass is 365 g/mol. The Bertz CT molecular complexity index is 897. The van der Waals surface area contributed by atoms with E-state index in [2.05, 4.69) is 52.5 Å². The third kappa shape index (κ3) is 4.06. The van der Waals surface area contributed by atoms with Crippen molar-refractivity contribution in [1.82, 2.24) is 15.0 Å². The number of nitrogens with zero attached hydrogens (tertiary/aromatic N) is 3. The normalized spacial score (nSPS) is 14.7. The highest BCUT2D eigenvalue weighted by molar-refractivity contribution is 5.90. The largest absolute Gasteiger partial charge is 0.378 e. The zero-order valence-corrected chi connectivity index (χ0v) is 16.1. The van der Waals surface area contributed by atoms with Crippen LogP contribution in [0, 0.1) is 6.92 Å². The number of fused-ring (bicyclic) bond motifs is 1. The molecule has 0 unspecified atom stereocenters. The molecule has 1 saturated heterocycles. The molecule has 0 atom stereocenters. The summed E-state index contributed by atoms with van der Waals surface area (Å²) in [5, 5.41) is 4.51. The Kier molecular flexibility index (Phi) is 5.25.